The number of fused-ring (bicyclic) bond motifs is 1. The number of amides is 2. The van der Waals surface area contributed by atoms with Gasteiger partial charge in [0.05, 0.1) is 5.25 Å². The largest absolute Gasteiger partial charge is 0.324 e. The predicted molar refractivity (Wildman–Crippen MR) is 104 cm³/mol. The van der Waals surface area contributed by atoms with Crippen molar-refractivity contribution in [3.05, 3.63) is 28.8 Å². The molecule has 1 fully saturated rings. The Balaban J connectivity index is 1.56. The van der Waals surface area contributed by atoms with Gasteiger partial charge in [-0.25, -0.2) is 17.9 Å². The lowest BCUT2D eigenvalue weighted by Gasteiger charge is -2.32. The summed E-state index contributed by atoms with van der Waals surface area (Å²) in [5, 5.41) is 2.60. The molecular weight excluding hydrogens is 350 g/mol. The predicted octanol–water partition coefficient (Wildman–Crippen LogP) is 2.81. The average molecular weight is 380 g/mol. The van der Waals surface area contributed by atoms with Crippen LogP contribution in [-0.2, 0) is 22.9 Å². The lowest BCUT2D eigenvalue weighted by atomic mass is 10.0. The fourth-order valence-electron chi connectivity index (χ4n) is 3.75. The van der Waals surface area contributed by atoms with E-state index in [0.29, 0.717) is 25.9 Å². The Morgan fingerprint density at radius 2 is 1.88 bits per heavy atom. The summed E-state index contributed by atoms with van der Waals surface area (Å²) >= 11 is 0. The van der Waals surface area contributed by atoms with E-state index >= 15 is 0 Å². The molecule has 0 bridgehead atoms. The molecule has 2 aliphatic rings. The van der Waals surface area contributed by atoms with Crippen LogP contribution >= 0.6 is 0 Å². The third kappa shape index (κ3) is 4.04. The third-order valence-corrected chi connectivity index (χ3v) is 7.45. The van der Waals surface area contributed by atoms with Crippen molar-refractivity contribution in [2.45, 2.75) is 64.2 Å². The summed E-state index contributed by atoms with van der Waals surface area (Å²) in [7, 11) is -3.26. The van der Waals surface area contributed by atoms with Gasteiger partial charge in [-0.05, 0) is 75.6 Å². The highest BCUT2D eigenvalue weighted by atomic mass is 32.2. The lowest BCUT2D eigenvalue weighted by molar-refractivity contribution is 0.193. The van der Waals surface area contributed by atoms with Crippen LogP contribution in [0.15, 0.2) is 12.1 Å². The number of piperidine rings is 1. The van der Waals surface area contributed by atoms with Gasteiger partial charge in [0, 0.05) is 24.8 Å². The SMILES string of the molecule is Cc1c(NC(=O)N2CCC(NS(=O)(=O)C(C)C)CC2)ccc2c1CCC2. The Bertz CT molecular complexity index is 781. The zero-order valence-electron chi connectivity index (χ0n) is 15.8. The quantitative estimate of drug-likeness (QED) is 0.844. The molecule has 1 aromatic carbocycles. The zero-order chi connectivity index (χ0) is 18.9. The monoisotopic (exact) mass is 379 g/mol. The Hall–Kier alpha value is -1.60. The van der Waals surface area contributed by atoms with Crippen molar-refractivity contribution in [3.8, 4) is 0 Å². The minimum Gasteiger partial charge on any atom is -0.324 e. The number of hydrogen-bond donors (Lipinski definition) is 2. The van der Waals surface area contributed by atoms with Crippen molar-refractivity contribution in [1.82, 2.24) is 9.62 Å². The Kier molecular flexibility index (Phi) is 5.58. The molecule has 1 saturated heterocycles. The molecule has 0 aromatic heterocycles. The Labute approximate surface area is 156 Å². The van der Waals surface area contributed by atoms with Crippen molar-refractivity contribution in [2.24, 2.45) is 0 Å². The molecule has 26 heavy (non-hydrogen) atoms. The van der Waals surface area contributed by atoms with Gasteiger partial charge in [-0.15, -0.1) is 0 Å². The zero-order valence-corrected chi connectivity index (χ0v) is 16.7. The molecule has 0 unspecified atom stereocenters. The van der Waals surface area contributed by atoms with E-state index in [4.69, 9.17) is 0 Å². The normalized spacial score (nSPS) is 18.2. The van der Waals surface area contributed by atoms with E-state index in [0.717, 1.165) is 18.5 Å². The molecule has 1 aromatic rings. The first-order valence-electron chi connectivity index (χ1n) is 9.46. The molecule has 1 heterocycles. The van der Waals surface area contributed by atoms with E-state index in [-0.39, 0.29) is 12.1 Å². The average Bonchev–Trinajstić information content (AvgIpc) is 3.07. The first-order valence-corrected chi connectivity index (χ1v) is 11.0. The van der Waals surface area contributed by atoms with Crippen LogP contribution < -0.4 is 10.0 Å². The van der Waals surface area contributed by atoms with Gasteiger partial charge in [-0.2, -0.15) is 0 Å². The third-order valence-electron chi connectivity index (χ3n) is 5.54. The van der Waals surface area contributed by atoms with Gasteiger partial charge in [-0.1, -0.05) is 6.07 Å². The van der Waals surface area contributed by atoms with E-state index in [9.17, 15) is 13.2 Å². The molecule has 1 aliphatic carbocycles. The fraction of sp³-hybridized carbons (Fsp3) is 0.632. The number of nitrogens with one attached hydrogen (secondary N) is 2. The number of hydrogen-bond acceptors (Lipinski definition) is 3. The second kappa shape index (κ2) is 7.56. The summed E-state index contributed by atoms with van der Waals surface area (Å²) in [6, 6.07) is 3.93. The fourth-order valence-corrected chi connectivity index (χ4v) is 4.72. The highest BCUT2D eigenvalue weighted by molar-refractivity contribution is 7.90. The lowest BCUT2D eigenvalue weighted by Crippen LogP contribution is -2.48. The van der Waals surface area contributed by atoms with E-state index in [1.54, 1.807) is 18.7 Å². The summed E-state index contributed by atoms with van der Waals surface area (Å²) in [6.45, 7) is 6.53. The first-order chi connectivity index (χ1) is 12.3. The maximum absolute atomic E-state index is 12.6. The molecule has 3 rings (SSSR count). The molecule has 6 nitrogen and oxygen atoms in total. The number of likely N-dealkylation sites (tertiary alicyclic amines) is 1. The van der Waals surface area contributed by atoms with Gasteiger partial charge >= 0.3 is 6.03 Å². The molecular formula is C19H29N3O3S. The summed E-state index contributed by atoms with van der Waals surface area (Å²) in [4.78, 5) is 14.4. The van der Waals surface area contributed by atoms with Crippen molar-refractivity contribution in [3.63, 3.8) is 0 Å². The molecule has 2 amide bonds. The Morgan fingerprint density at radius 1 is 1.19 bits per heavy atom. The summed E-state index contributed by atoms with van der Waals surface area (Å²) in [5.41, 5.74) is 4.84. The van der Waals surface area contributed by atoms with Crippen molar-refractivity contribution >= 4 is 21.7 Å². The maximum Gasteiger partial charge on any atom is 0.321 e. The van der Waals surface area contributed by atoms with Crippen molar-refractivity contribution in [1.29, 1.82) is 0 Å². The molecule has 1 aliphatic heterocycles. The van der Waals surface area contributed by atoms with Crippen LogP contribution in [0, 0.1) is 6.92 Å². The van der Waals surface area contributed by atoms with E-state index in [1.807, 2.05) is 6.07 Å². The highest BCUT2D eigenvalue weighted by Gasteiger charge is 2.27. The van der Waals surface area contributed by atoms with Crippen LogP contribution in [0.1, 0.15) is 49.8 Å². The van der Waals surface area contributed by atoms with Gasteiger partial charge in [0.2, 0.25) is 10.0 Å². The molecule has 0 radical (unpaired) electrons. The molecule has 0 spiro atoms. The maximum atomic E-state index is 12.6. The van der Waals surface area contributed by atoms with Crippen LogP contribution in [0.2, 0.25) is 0 Å². The van der Waals surface area contributed by atoms with Gasteiger partial charge in [0.25, 0.3) is 0 Å². The second-order valence-electron chi connectivity index (χ2n) is 7.63. The molecule has 7 heteroatoms. The Morgan fingerprint density at radius 3 is 2.54 bits per heavy atom. The first kappa shape index (κ1) is 19.2. The highest BCUT2D eigenvalue weighted by Crippen LogP contribution is 2.30. The number of aryl methyl sites for hydroxylation is 1. The van der Waals surface area contributed by atoms with Crippen molar-refractivity contribution in [2.75, 3.05) is 18.4 Å². The van der Waals surface area contributed by atoms with Crippen LogP contribution in [0.4, 0.5) is 10.5 Å². The smallest absolute Gasteiger partial charge is 0.321 e. The van der Waals surface area contributed by atoms with Crippen LogP contribution in [0.25, 0.3) is 0 Å². The van der Waals surface area contributed by atoms with Crippen LogP contribution in [0.5, 0.6) is 0 Å². The van der Waals surface area contributed by atoms with E-state index < -0.39 is 15.3 Å². The van der Waals surface area contributed by atoms with Crippen LogP contribution in [-0.4, -0.2) is 43.7 Å². The van der Waals surface area contributed by atoms with Crippen LogP contribution in [0.3, 0.4) is 0 Å². The molecule has 144 valence electrons. The van der Waals surface area contributed by atoms with Gasteiger partial charge in [0.1, 0.15) is 0 Å². The minimum atomic E-state index is -3.26. The van der Waals surface area contributed by atoms with E-state index in [2.05, 4.69) is 23.0 Å². The number of carbonyl (C=O) groups is 1. The van der Waals surface area contributed by atoms with Crippen molar-refractivity contribution < 1.29 is 13.2 Å². The summed E-state index contributed by atoms with van der Waals surface area (Å²) in [6.07, 6.45) is 4.69. The number of urea groups is 1. The number of sulfonamides is 1. The minimum absolute atomic E-state index is 0.0896. The number of carbonyl (C=O) groups excluding carboxylic acids is 1. The van der Waals surface area contributed by atoms with Gasteiger partial charge in [0.15, 0.2) is 0 Å². The topological polar surface area (TPSA) is 78.5 Å². The molecule has 2 N–H and O–H groups in total. The number of rotatable bonds is 4. The molecule has 0 atom stereocenters. The van der Waals surface area contributed by atoms with Gasteiger partial charge in [-0.3, -0.25) is 0 Å². The number of benzene rings is 1. The summed E-state index contributed by atoms with van der Waals surface area (Å²) < 4.78 is 26.7. The number of nitrogens with zero attached hydrogens (tertiary/aromatic N) is 1. The standard InChI is InChI=1S/C19H29N3O3S/c1-13(2)26(24,25)21-16-9-11-22(12-10-16)19(23)20-18-8-7-15-5-4-6-17(15)14(18)3/h7-8,13,16,21H,4-6,9-12H2,1-3H3,(H,20,23). The molecule has 0 saturated carbocycles. The second-order valence-corrected chi connectivity index (χ2v) is 9.90. The summed E-state index contributed by atoms with van der Waals surface area (Å²) in [5.74, 6) is 0. The van der Waals surface area contributed by atoms with E-state index in [1.165, 1.54) is 23.1 Å². The van der Waals surface area contributed by atoms with Gasteiger partial charge < -0.3 is 10.2 Å². The number of anilines is 1.